The number of ether oxygens (including phenoxy) is 1. The highest BCUT2D eigenvalue weighted by Crippen LogP contribution is 2.18. The van der Waals surface area contributed by atoms with Crippen LogP contribution in [0.4, 0.5) is 0 Å². The van der Waals surface area contributed by atoms with E-state index in [4.69, 9.17) is 9.84 Å². The predicted molar refractivity (Wildman–Crippen MR) is 80.0 cm³/mol. The van der Waals surface area contributed by atoms with E-state index in [0.717, 1.165) is 11.3 Å². The number of aryl methyl sites for hydroxylation is 2. The van der Waals surface area contributed by atoms with Crippen LogP contribution in [0.15, 0.2) is 18.2 Å². The maximum Gasteiger partial charge on any atom is 0.220 e. The van der Waals surface area contributed by atoms with E-state index in [-0.39, 0.29) is 12.5 Å². The molecule has 112 valence electrons. The molecule has 0 aromatic heterocycles. The number of benzene rings is 1. The Hall–Kier alpha value is -1.55. The van der Waals surface area contributed by atoms with Crippen molar-refractivity contribution in [1.29, 1.82) is 0 Å². The standard InChI is InChI=1S/C16H25NO3/c1-12-7-8-14(13(2)10-12)20-9-5-6-15(19)17-16(3,4)11-18/h7-8,10,18H,5-6,9,11H2,1-4H3,(H,17,19). The van der Waals surface area contributed by atoms with Gasteiger partial charge in [-0.3, -0.25) is 4.79 Å². The molecule has 0 heterocycles. The average Bonchev–Trinajstić information content (AvgIpc) is 2.36. The second-order valence-corrected chi connectivity index (χ2v) is 5.81. The molecular weight excluding hydrogens is 254 g/mol. The molecule has 0 saturated carbocycles. The van der Waals surface area contributed by atoms with Gasteiger partial charge in [0, 0.05) is 6.42 Å². The lowest BCUT2D eigenvalue weighted by molar-refractivity contribution is -0.123. The molecule has 0 aliphatic heterocycles. The van der Waals surface area contributed by atoms with Gasteiger partial charge in [0.25, 0.3) is 0 Å². The molecule has 0 atom stereocenters. The molecule has 4 heteroatoms. The molecule has 1 rings (SSSR count). The molecule has 0 spiro atoms. The third-order valence-electron chi connectivity index (χ3n) is 3.01. The van der Waals surface area contributed by atoms with Gasteiger partial charge in [0.15, 0.2) is 0 Å². The predicted octanol–water partition coefficient (Wildman–Crippen LogP) is 2.35. The summed E-state index contributed by atoms with van der Waals surface area (Å²) in [5, 5.41) is 11.9. The summed E-state index contributed by atoms with van der Waals surface area (Å²) < 4.78 is 5.67. The second kappa shape index (κ2) is 7.29. The van der Waals surface area contributed by atoms with E-state index in [2.05, 4.69) is 11.4 Å². The van der Waals surface area contributed by atoms with E-state index in [1.54, 1.807) is 13.8 Å². The van der Waals surface area contributed by atoms with Crippen molar-refractivity contribution in [3.05, 3.63) is 29.3 Å². The van der Waals surface area contributed by atoms with E-state index in [9.17, 15) is 4.79 Å². The molecule has 0 aliphatic rings. The Labute approximate surface area is 121 Å². The highest BCUT2D eigenvalue weighted by Gasteiger charge is 2.18. The summed E-state index contributed by atoms with van der Waals surface area (Å²) in [7, 11) is 0. The summed E-state index contributed by atoms with van der Waals surface area (Å²) in [5.74, 6) is 0.806. The first-order valence-corrected chi connectivity index (χ1v) is 6.96. The van der Waals surface area contributed by atoms with Gasteiger partial charge in [0.05, 0.1) is 18.8 Å². The first-order valence-electron chi connectivity index (χ1n) is 6.96. The van der Waals surface area contributed by atoms with Crippen LogP contribution in [-0.4, -0.2) is 29.8 Å². The van der Waals surface area contributed by atoms with Crippen LogP contribution in [0.1, 0.15) is 37.8 Å². The Balaban J connectivity index is 2.30. The van der Waals surface area contributed by atoms with Gasteiger partial charge in [-0.15, -0.1) is 0 Å². The molecule has 0 aliphatic carbocycles. The summed E-state index contributed by atoms with van der Waals surface area (Å²) in [6, 6.07) is 6.05. The summed E-state index contributed by atoms with van der Waals surface area (Å²) in [4.78, 5) is 11.7. The Morgan fingerprint density at radius 1 is 1.35 bits per heavy atom. The van der Waals surface area contributed by atoms with Crippen molar-refractivity contribution in [2.45, 2.75) is 46.1 Å². The smallest absolute Gasteiger partial charge is 0.220 e. The second-order valence-electron chi connectivity index (χ2n) is 5.81. The Bertz CT molecular complexity index is 455. The maximum absolute atomic E-state index is 11.7. The summed E-state index contributed by atoms with van der Waals surface area (Å²) in [6.07, 6.45) is 1.05. The fraction of sp³-hybridized carbons (Fsp3) is 0.562. The topological polar surface area (TPSA) is 58.6 Å². The third-order valence-corrected chi connectivity index (χ3v) is 3.01. The van der Waals surface area contributed by atoms with E-state index in [1.165, 1.54) is 5.56 Å². The number of aliphatic hydroxyl groups excluding tert-OH is 1. The number of amides is 1. The molecule has 20 heavy (non-hydrogen) atoms. The van der Waals surface area contributed by atoms with E-state index in [0.29, 0.717) is 19.4 Å². The Morgan fingerprint density at radius 3 is 2.65 bits per heavy atom. The Morgan fingerprint density at radius 2 is 2.05 bits per heavy atom. The lowest BCUT2D eigenvalue weighted by atomic mass is 10.1. The van der Waals surface area contributed by atoms with Gasteiger partial charge >= 0.3 is 0 Å². The van der Waals surface area contributed by atoms with Gasteiger partial charge in [-0.1, -0.05) is 17.7 Å². The molecule has 0 radical (unpaired) electrons. The SMILES string of the molecule is Cc1ccc(OCCCC(=O)NC(C)(C)CO)c(C)c1. The van der Waals surface area contributed by atoms with Crippen LogP contribution in [-0.2, 0) is 4.79 Å². The number of aliphatic hydroxyl groups is 1. The number of hydrogen-bond donors (Lipinski definition) is 2. The van der Waals surface area contributed by atoms with Crippen LogP contribution < -0.4 is 10.1 Å². The average molecular weight is 279 g/mol. The number of hydrogen-bond acceptors (Lipinski definition) is 3. The molecule has 0 unspecified atom stereocenters. The van der Waals surface area contributed by atoms with Crippen LogP contribution in [0.5, 0.6) is 5.75 Å². The van der Waals surface area contributed by atoms with Gasteiger partial charge in [0.1, 0.15) is 5.75 Å². The largest absolute Gasteiger partial charge is 0.493 e. The molecule has 0 bridgehead atoms. The lowest BCUT2D eigenvalue weighted by Gasteiger charge is -2.23. The summed E-state index contributed by atoms with van der Waals surface area (Å²) in [6.45, 7) is 8.08. The van der Waals surface area contributed by atoms with Crippen molar-refractivity contribution >= 4 is 5.91 Å². The van der Waals surface area contributed by atoms with E-state index in [1.807, 2.05) is 26.0 Å². The number of nitrogens with one attached hydrogen (secondary N) is 1. The molecule has 0 fully saturated rings. The van der Waals surface area contributed by atoms with Gasteiger partial charge in [-0.2, -0.15) is 0 Å². The molecule has 2 N–H and O–H groups in total. The Kier molecular flexibility index (Phi) is 6.02. The van der Waals surface area contributed by atoms with Crippen molar-refractivity contribution in [2.75, 3.05) is 13.2 Å². The monoisotopic (exact) mass is 279 g/mol. The van der Waals surface area contributed by atoms with Crippen LogP contribution in [0.2, 0.25) is 0 Å². The maximum atomic E-state index is 11.7. The van der Waals surface area contributed by atoms with Crippen molar-refractivity contribution in [3.63, 3.8) is 0 Å². The molecule has 1 aromatic rings. The molecular formula is C16H25NO3. The van der Waals surface area contributed by atoms with Crippen LogP contribution in [0.25, 0.3) is 0 Å². The molecule has 1 aromatic carbocycles. The van der Waals surface area contributed by atoms with Crippen LogP contribution in [0, 0.1) is 13.8 Å². The van der Waals surface area contributed by atoms with Crippen molar-refractivity contribution < 1.29 is 14.6 Å². The zero-order valence-electron chi connectivity index (χ0n) is 12.8. The molecule has 4 nitrogen and oxygen atoms in total. The van der Waals surface area contributed by atoms with Crippen molar-refractivity contribution in [3.8, 4) is 5.75 Å². The summed E-state index contributed by atoms with van der Waals surface area (Å²) in [5.41, 5.74) is 1.75. The lowest BCUT2D eigenvalue weighted by Crippen LogP contribution is -2.46. The van der Waals surface area contributed by atoms with Gasteiger partial charge in [-0.05, 0) is 45.7 Å². The highest BCUT2D eigenvalue weighted by molar-refractivity contribution is 5.76. The van der Waals surface area contributed by atoms with Crippen molar-refractivity contribution in [2.24, 2.45) is 0 Å². The first-order chi connectivity index (χ1) is 9.34. The normalized spacial score (nSPS) is 11.2. The quantitative estimate of drug-likeness (QED) is 0.753. The minimum atomic E-state index is -0.564. The van der Waals surface area contributed by atoms with E-state index < -0.39 is 5.54 Å². The van der Waals surface area contributed by atoms with Crippen molar-refractivity contribution in [1.82, 2.24) is 5.32 Å². The first kappa shape index (κ1) is 16.5. The minimum Gasteiger partial charge on any atom is -0.493 e. The zero-order chi connectivity index (χ0) is 15.2. The fourth-order valence-corrected chi connectivity index (χ4v) is 1.86. The fourth-order valence-electron chi connectivity index (χ4n) is 1.86. The van der Waals surface area contributed by atoms with Crippen LogP contribution in [0.3, 0.4) is 0 Å². The van der Waals surface area contributed by atoms with Gasteiger partial charge < -0.3 is 15.2 Å². The summed E-state index contributed by atoms with van der Waals surface area (Å²) >= 11 is 0. The molecule has 1 amide bonds. The van der Waals surface area contributed by atoms with Gasteiger partial charge in [0.2, 0.25) is 5.91 Å². The third kappa shape index (κ3) is 5.61. The highest BCUT2D eigenvalue weighted by atomic mass is 16.5. The van der Waals surface area contributed by atoms with Crippen LogP contribution >= 0.6 is 0 Å². The minimum absolute atomic E-state index is 0.0618. The number of carbonyl (C=O) groups is 1. The number of carbonyl (C=O) groups excluding carboxylic acids is 1. The molecule has 0 saturated heterocycles. The van der Waals surface area contributed by atoms with Gasteiger partial charge in [-0.25, -0.2) is 0 Å². The van der Waals surface area contributed by atoms with E-state index >= 15 is 0 Å². The zero-order valence-corrected chi connectivity index (χ0v) is 12.8. The number of rotatable bonds is 7.